The van der Waals surface area contributed by atoms with Crippen LogP contribution < -0.4 is 4.74 Å². The lowest BCUT2D eigenvalue weighted by molar-refractivity contribution is -0.155. The van der Waals surface area contributed by atoms with E-state index in [1.54, 1.807) is 31.4 Å². The minimum Gasteiger partial charge on any atom is -0.497 e. The van der Waals surface area contributed by atoms with Gasteiger partial charge in [0, 0.05) is 5.92 Å². The monoisotopic (exact) mass is 276 g/mol. The lowest BCUT2D eigenvalue weighted by Crippen LogP contribution is -2.49. The number of methoxy groups -OCH3 is 2. The Balaban J connectivity index is 2.51. The van der Waals surface area contributed by atoms with Crippen molar-refractivity contribution in [1.29, 1.82) is 0 Å². The van der Waals surface area contributed by atoms with E-state index in [0.717, 1.165) is 12.8 Å². The van der Waals surface area contributed by atoms with E-state index in [1.165, 1.54) is 7.11 Å². The smallest absolute Gasteiger partial charge is 0.323 e. The zero-order valence-corrected chi connectivity index (χ0v) is 12.1. The zero-order chi connectivity index (χ0) is 14.8. The molecule has 0 radical (unpaired) electrons. The van der Waals surface area contributed by atoms with Gasteiger partial charge in [0.25, 0.3) is 0 Å². The van der Waals surface area contributed by atoms with Crippen molar-refractivity contribution in [2.45, 2.75) is 31.6 Å². The molecular weight excluding hydrogens is 256 g/mol. The summed E-state index contributed by atoms with van der Waals surface area (Å²) in [5.41, 5.74) is -0.458. The summed E-state index contributed by atoms with van der Waals surface area (Å²) in [6.07, 6.45) is 2.18. The quantitative estimate of drug-likeness (QED) is 0.628. The molecule has 4 heteroatoms. The van der Waals surface area contributed by atoms with Gasteiger partial charge in [-0.3, -0.25) is 9.59 Å². The second-order valence-electron chi connectivity index (χ2n) is 5.28. The van der Waals surface area contributed by atoms with Gasteiger partial charge in [-0.05, 0) is 30.5 Å². The highest BCUT2D eigenvalue weighted by Crippen LogP contribution is 2.40. The van der Waals surface area contributed by atoms with Gasteiger partial charge in [-0.2, -0.15) is 0 Å². The van der Waals surface area contributed by atoms with Crippen LogP contribution in [-0.2, 0) is 19.7 Å². The summed E-state index contributed by atoms with van der Waals surface area (Å²) in [4.78, 5) is 25.0. The molecule has 1 aromatic rings. The highest BCUT2D eigenvalue weighted by atomic mass is 16.5. The minimum atomic E-state index is -1.15. The van der Waals surface area contributed by atoms with Crippen LogP contribution in [0.1, 0.15) is 31.7 Å². The highest BCUT2D eigenvalue weighted by molar-refractivity contribution is 6.11. The normalized spacial score (nSPS) is 26.1. The molecular formula is C16H20O4. The largest absolute Gasteiger partial charge is 0.497 e. The molecule has 1 aliphatic rings. The van der Waals surface area contributed by atoms with Gasteiger partial charge in [-0.1, -0.05) is 25.5 Å². The van der Waals surface area contributed by atoms with Crippen molar-refractivity contribution in [3.63, 3.8) is 0 Å². The standard InChI is InChI=1S/C16H20O4/c1-11-5-4-10-16(14(11)17,15(18)20-3)12-6-8-13(19-2)9-7-12/h6-9,11H,4-5,10H2,1-3H3. The van der Waals surface area contributed by atoms with Gasteiger partial charge in [0.1, 0.15) is 5.75 Å². The summed E-state index contributed by atoms with van der Waals surface area (Å²) in [6.45, 7) is 1.88. The van der Waals surface area contributed by atoms with Crippen LogP contribution in [0.2, 0.25) is 0 Å². The Hall–Kier alpha value is -1.84. The lowest BCUT2D eigenvalue weighted by Gasteiger charge is -2.36. The number of rotatable bonds is 3. The van der Waals surface area contributed by atoms with Crippen LogP contribution in [0.5, 0.6) is 5.75 Å². The van der Waals surface area contributed by atoms with Crippen LogP contribution in [0.15, 0.2) is 24.3 Å². The number of benzene rings is 1. The predicted octanol–water partition coefficient (Wildman–Crippen LogP) is 2.50. The number of ketones is 1. The van der Waals surface area contributed by atoms with Gasteiger partial charge in [0.2, 0.25) is 0 Å². The van der Waals surface area contributed by atoms with E-state index >= 15 is 0 Å². The first-order valence-corrected chi connectivity index (χ1v) is 6.83. The average molecular weight is 276 g/mol. The van der Waals surface area contributed by atoms with E-state index in [2.05, 4.69) is 0 Å². The van der Waals surface area contributed by atoms with Crippen molar-refractivity contribution in [2.24, 2.45) is 5.92 Å². The van der Waals surface area contributed by atoms with Gasteiger partial charge in [-0.15, -0.1) is 0 Å². The van der Waals surface area contributed by atoms with E-state index in [-0.39, 0.29) is 11.7 Å². The minimum absolute atomic E-state index is 0.0410. The molecule has 2 rings (SSSR count). The third-order valence-electron chi connectivity index (χ3n) is 4.17. The van der Waals surface area contributed by atoms with Crippen LogP contribution in [0.4, 0.5) is 0 Å². The number of hydrogen-bond acceptors (Lipinski definition) is 4. The Bertz CT molecular complexity index is 506. The Morgan fingerprint density at radius 3 is 2.45 bits per heavy atom. The Morgan fingerprint density at radius 2 is 1.90 bits per heavy atom. The SMILES string of the molecule is COC(=O)C1(c2ccc(OC)cc2)CCCC(C)C1=O. The molecule has 2 unspecified atom stereocenters. The summed E-state index contributed by atoms with van der Waals surface area (Å²) >= 11 is 0. The number of ether oxygens (including phenoxy) is 2. The predicted molar refractivity (Wildman–Crippen MR) is 74.7 cm³/mol. The molecule has 20 heavy (non-hydrogen) atoms. The van der Waals surface area contributed by atoms with Crippen LogP contribution in [-0.4, -0.2) is 26.0 Å². The maximum atomic E-state index is 12.7. The number of esters is 1. The molecule has 1 fully saturated rings. The fraction of sp³-hybridized carbons (Fsp3) is 0.500. The molecule has 0 spiro atoms. The van der Waals surface area contributed by atoms with Crippen molar-refractivity contribution in [1.82, 2.24) is 0 Å². The number of carbonyl (C=O) groups is 2. The summed E-state index contributed by atoms with van der Waals surface area (Å²) in [5.74, 6) is 0.0787. The molecule has 0 amide bonds. The fourth-order valence-electron chi connectivity index (χ4n) is 3.01. The van der Waals surface area contributed by atoms with Gasteiger partial charge < -0.3 is 9.47 Å². The van der Waals surface area contributed by atoms with Crippen molar-refractivity contribution in [2.75, 3.05) is 14.2 Å². The van der Waals surface area contributed by atoms with Crippen LogP contribution in [0.25, 0.3) is 0 Å². The van der Waals surface area contributed by atoms with Crippen LogP contribution in [0, 0.1) is 5.92 Å². The average Bonchev–Trinajstić information content (AvgIpc) is 2.49. The first-order valence-electron chi connectivity index (χ1n) is 6.83. The summed E-state index contributed by atoms with van der Waals surface area (Å²) in [5, 5.41) is 0. The molecule has 0 heterocycles. The molecule has 0 saturated heterocycles. The van der Waals surface area contributed by atoms with Gasteiger partial charge >= 0.3 is 5.97 Å². The molecule has 1 saturated carbocycles. The molecule has 0 N–H and O–H groups in total. The van der Waals surface area contributed by atoms with Crippen molar-refractivity contribution >= 4 is 11.8 Å². The van der Waals surface area contributed by atoms with E-state index < -0.39 is 11.4 Å². The summed E-state index contributed by atoms with van der Waals surface area (Å²) in [7, 11) is 2.92. The lowest BCUT2D eigenvalue weighted by atomic mass is 9.65. The number of carbonyl (C=O) groups excluding carboxylic acids is 2. The van der Waals surface area contributed by atoms with E-state index in [1.807, 2.05) is 6.92 Å². The second kappa shape index (κ2) is 5.65. The van der Waals surface area contributed by atoms with Crippen LogP contribution in [0.3, 0.4) is 0 Å². The maximum Gasteiger partial charge on any atom is 0.323 e. The van der Waals surface area contributed by atoms with Gasteiger partial charge in [-0.25, -0.2) is 0 Å². The first kappa shape index (κ1) is 14.6. The molecule has 1 aromatic carbocycles. The number of hydrogen-bond donors (Lipinski definition) is 0. The van der Waals surface area contributed by atoms with Gasteiger partial charge in [0.15, 0.2) is 11.2 Å². The maximum absolute atomic E-state index is 12.7. The van der Waals surface area contributed by atoms with Crippen LogP contribution >= 0.6 is 0 Å². The Labute approximate surface area is 119 Å². The molecule has 2 atom stereocenters. The third kappa shape index (κ3) is 2.19. The Kier molecular flexibility index (Phi) is 4.12. The third-order valence-corrected chi connectivity index (χ3v) is 4.17. The van der Waals surface area contributed by atoms with Crippen molar-refractivity contribution in [3.05, 3.63) is 29.8 Å². The topological polar surface area (TPSA) is 52.6 Å². The highest BCUT2D eigenvalue weighted by Gasteiger charge is 2.51. The molecule has 0 bridgehead atoms. The zero-order valence-electron chi connectivity index (χ0n) is 12.1. The molecule has 108 valence electrons. The summed E-state index contributed by atoms with van der Waals surface area (Å²) < 4.78 is 10.1. The van der Waals surface area contributed by atoms with E-state index in [0.29, 0.717) is 17.7 Å². The van der Waals surface area contributed by atoms with Gasteiger partial charge in [0.05, 0.1) is 14.2 Å². The Morgan fingerprint density at radius 1 is 1.25 bits per heavy atom. The second-order valence-corrected chi connectivity index (χ2v) is 5.28. The molecule has 0 aliphatic heterocycles. The van der Waals surface area contributed by atoms with Crippen molar-refractivity contribution < 1.29 is 19.1 Å². The van der Waals surface area contributed by atoms with E-state index in [9.17, 15) is 9.59 Å². The number of Topliss-reactive ketones (excluding diaryl/α,β-unsaturated/α-hetero) is 1. The molecule has 4 nitrogen and oxygen atoms in total. The molecule has 1 aliphatic carbocycles. The fourth-order valence-corrected chi connectivity index (χ4v) is 3.01. The molecule has 0 aromatic heterocycles. The summed E-state index contributed by atoms with van der Waals surface area (Å²) in [6, 6.07) is 7.11. The first-order chi connectivity index (χ1) is 9.56. The van der Waals surface area contributed by atoms with Crippen molar-refractivity contribution in [3.8, 4) is 5.75 Å². The van der Waals surface area contributed by atoms with E-state index in [4.69, 9.17) is 9.47 Å².